The van der Waals surface area contributed by atoms with E-state index in [2.05, 4.69) is 10.5 Å². The highest BCUT2D eigenvalue weighted by Crippen LogP contribution is 2.31. The fraction of sp³-hybridized carbons (Fsp3) is 0.300. The van der Waals surface area contributed by atoms with Crippen LogP contribution < -0.4 is 15.0 Å². The van der Waals surface area contributed by atoms with E-state index in [-0.39, 0.29) is 11.8 Å². The normalized spacial score (nSPS) is 17.3. The molecule has 190 valence electrons. The molecule has 1 aliphatic heterocycles. The van der Waals surface area contributed by atoms with Crippen molar-refractivity contribution >= 4 is 28.9 Å². The fourth-order valence-corrected chi connectivity index (χ4v) is 5.14. The highest BCUT2D eigenvalue weighted by Gasteiger charge is 2.25. The zero-order valence-electron chi connectivity index (χ0n) is 20.9. The van der Waals surface area contributed by atoms with Crippen molar-refractivity contribution in [3.8, 4) is 5.75 Å². The van der Waals surface area contributed by atoms with Gasteiger partial charge >= 0.3 is 0 Å². The maximum atomic E-state index is 13.5. The molecule has 37 heavy (non-hydrogen) atoms. The lowest BCUT2D eigenvalue weighted by Gasteiger charge is -2.28. The predicted molar refractivity (Wildman–Crippen MR) is 144 cm³/mol. The number of benzene rings is 3. The molecule has 0 aromatic heterocycles. The molecule has 7 heteroatoms. The summed E-state index contributed by atoms with van der Waals surface area (Å²) in [5.74, 6) is 0.366. The molecule has 1 atom stereocenters. The Labute approximate surface area is 216 Å². The second-order valence-electron chi connectivity index (χ2n) is 9.62. The molecule has 2 N–H and O–H groups in total. The summed E-state index contributed by atoms with van der Waals surface area (Å²) in [6, 6.07) is 20.6. The van der Waals surface area contributed by atoms with Crippen LogP contribution in [-0.2, 0) is 16.0 Å². The van der Waals surface area contributed by atoms with Gasteiger partial charge in [-0.1, -0.05) is 41.6 Å². The van der Waals surface area contributed by atoms with Crippen LogP contribution in [0.15, 0.2) is 71.9 Å². The minimum atomic E-state index is -0.888. The second-order valence-corrected chi connectivity index (χ2v) is 9.62. The average Bonchev–Trinajstić information content (AvgIpc) is 2.92. The highest BCUT2D eigenvalue weighted by atomic mass is 16.5. The zero-order chi connectivity index (χ0) is 25.8. The van der Waals surface area contributed by atoms with Gasteiger partial charge < -0.3 is 20.2 Å². The van der Waals surface area contributed by atoms with Crippen molar-refractivity contribution < 1.29 is 19.5 Å². The lowest BCUT2D eigenvalue weighted by molar-refractivity contribution is -0.123. The molecule has 3 aromatic carbocycles. The molecule has 0 spiro atoms. The number of carbonyl (C=O) groups is 2. The van der Waals surface area contributed by atoms with E-state index in [9.17, 15) is 14.8 Å². The van der Waals surface area contributed by atoms with Gasteiger partial charge in [-0.25, -0.2) is 0 Å². The quantitative estimate of drug-likeness (QED) is 0.333. The lowest BCUT2D eigenvalue weighted by atomic mass is 9.90. The van der Waals surface area contributed by atoms with Gasteiger partial charge in [0.25, 0.3) is 5.91 Å². The number of ether oxygens (including phenoxy) is 1. The van der Waals surface area contributed by atoms with Crippen LogP contribution in [0.25, 0.3) is 0 Å². The highest BCUT2D eigenvalue weighted by molar-refractivity contribution is 6.02. The molecular weight excluding hydrogens is 466 g/mol. The van der Waals surface area contributed by atoms with Crippen LogP contribution in [-0.4, -0.2) is 29.3 Å². The van der Waals surface area contributed by atoms with E-state index >= 15 is 0 Å². The Kier molecular flexibility index (Phi) is 7.21. The minimum absolute atomic E-state index is 0.142. The van der Waals surface area contributed by atoms with Crippen LogP contribution in [0.1, 0.15) is 60.5 Å². The Morgan fingerprint density at radius 2 is 1.84 bits per heavy atom. The SMILES string of the molecule is Cc1cc(NC(=O)C(Oc2ccc3c(c2)/C(=N/O)CCC3)c2ccccc2)ccc1N1CCCCC1=O. The summed E-state index contributed by atoms with van der Waals surface area (Å²) >= 11 is 0. The number of anilines is 2. The predicted octanol–water partition coefficient (Wildman–Crippen LogP) is 5.79. The third-order valence-corrected chi connectivity index (χ3v) is 7.05. The van der Waals surface area contributed by atoms with Crippen molar-refractivity contribution in [3.05, 3.63) is 89.0 Å². The largest absolute Gasteiger partial charge is 0.476 e. The van der Waals surface area contributed by atoms with E-state index in [1.54, 1.807) is 0 Å². The first kappa shape index (κ1) is 24.6. The first-order valence-corrected chi connectivity index (χ1v) is 12.8. The van der Waals surface area contributed by atoms with Crippen molar-refractivity contribution in [2.75, 3.05) is 16.8 Å². The topological polar surface area (TPSA) is 91.2 Å². The molecule has 1 fully saturated rings. The number of hydrogen-bond donors (Lipinski definition) is 2. The number of hydrogen-bond acceptors (Lipinski definition) is 5. The number of oxime groups is 1. The van der Waals surface area contributed by atoms with Crippen molar-refractivity contribution in [2.45, 2.75) is 51.6 Å². The molecule has 7 nitrogen and oxygen atoms in total. The third kappa shape index (κ3) is 5.35. The van der Waals surface area contributed by atoms with Gasteiger partial charge in [-0.3, -0.25) is 9.59 Å². The molecule has 1 heterocycles. The first-order valence-electron chi connectivity index (χ1n) is 12.8. The summed E-state index contributed by atoms with van der Waals surface area (Å²) in [7, 11) is 0. The molecule has 1 saturated heterocycles. The zero-order valence-corrected chi connectivity index (χ0v) is 20.9. The molecule has 0 radical (unpaired) electrons. The standard InChI is InChI=1S/C30H31N3O4/c1-20-18-23(14-16-27(20)33-17-6-5-12-28(33)34)31-30(35)29(22-8-3-2-4-9-22)37-24-15-13-21-10-7-11-26(32-36)25(21)19-24/h2-4,8-9,13-16,18-19,29,36H,5-7,10-12,17H2,1H3,(H,31,35)/b32-26+. The van der Waals surface area contributed by atoms with Gasteiger partial charge in [0.2, 0.25) is 12.0 Å². The van der Waals surface area contributed by atoms with Crippen LogP contribution in [0.3, 0.4) is 0 Å². The minimum Gasteiger partial charge on any atom is -0.476 e. The van der Waals surface area contributed by atoms with Gasteiger partial charge in [-0.05, 0) is 80.5 Å². The van der Waals surface area contributed by atoms with E-state index < -0.39 is 6.10 Å². The van der Waals surface area contributed by atoms with Gasteiger partial charge in [-0.2, -0.15) is 0 Å². The Morgan fingerprint density at radius 3 is 2.59 bits per heavy atom. The smallest absolute Gasteiger partial charge is 0.270 e. The molecule has 2 amide bonds. The van der Waals surface area contributed by atoms with Crippen LogP contribution in [0, 0.1) is 6.92 Å². The van der Waals surface area contributed by atoms with E-state index in [0.29, 0.717) is 30.0 Å². The average molecular weight is 498 g/mol. The number of fused-ring (bicyclic) bond motifs is 1. The van der Waals surface area contributed by atoms with Gasteiger partial charge in [0, 0.05) is 35.5 Å². The van der Waals surface area contributed by atoms with Crippen molar-refractivity contribution in [2.24, 2.45) is 5.16 Å². The molecule has 1 aliphatic carbocycles. The van der Waals surface area contributed by atoms with Gasteiger partial charge in [0.1, 0.15) is 5.75 Å². The molecule has 1 unspecified atom stereocenters. The summed E-state index contributed by atoms with van der Waals surface area (Å²) in [6.45, 7) is 2.67. The van der Waals surface area contributed by atoms with Gasteiger partial charge in [-0.15, -0.1) is 0 Å². The molecular formula is C30H31N3O4. The molecule has 3 aromatic rings. The van der Waals surface area contributed by atoms with Crippen molar-refractivity contribution in [1.82, 2.24) is 0 Å². The van der Waals surface area contributed by atoms with Crippen LogP contribution in [0.2, 0.25) is 0 Å². The number of aryl methyl sites for hydroxylation is 2. The number of nitrogens with one attached hydrogen (secondary N) is 1. The summed E-state index contributed by atoms with van der Waals surface area (Å²) in [5.41, 5.74) is 5.77. The van der Waals surface area contributed by atoms with Crippen LogP contribution >= 0.6 is 0 Å². The summed E-state index contributed by atoms with van der Waals surface area (Å²) < 4.78 is 6.26. The van der Waals surface area contributed by atoms with Crippen LogP contribution in [0.4, 0.5) is 11.4 Å². The molecule has 5 rings (SSSR count). The number of carbonyl (C=O) groups excluding carboxylic acids is 2. The van der Waals surface area contributed by atoms with Crippen LogP contribution in [0.5, 0.6) is 5.75 Å². The maximum absolute atomic E-state index is 13.5. The fourth-order valence-electron chi connectivity index (χ4n) is 5.14. The summed E-state index contributed by atoms with van der Waals surface area (Å²) in [4.78, 5) is 27.7. The monoisotopic (exact) mass is 497 g/mol. The Bertz CT molecular complexity index is 1340. The van der Waals surface area contributed by atoms with Gasteiger partial charge in [0.15, 0.2) is 0 Å². The first-order chi connectivity index (χ1) is 18.0. The number of piperidine rings is 1. The van der Waals surface area contributed by atoms with Crippen molar-refractivity contribution in [1.29, 1.82) is 0 Å². The summed E-state index contributed by atoms with van der Waals surface area (Å²) in [5, 5.41) is 15.9. The number of rotatable bonds is 6. The molecule has 0 saturated carbocycles. The summed E-state index contributed by atoms with van der Waals surface area (Å²) in [6.07, 6.45) is 4.16. The Hall–Kier alpha value is -4.13. The Balaban J connectivity index is 1.39. The van der Waals surface area contributed by atoms with Crippen molar-refractivity contribution in [3.63, 3.8) is 0 Å². The van der Waals surface area contributed by atoms with Gasteiger partial charge in [0.05, 0.1) is 5.71 Å². The molecule has 2 aliphatic rings. The number of amides is 2. The van der Waals surface area contributed by atoms with E-state index in [0.717, 1.165) is 60.2 Å². The second kappa shape index (κ2) is 10.9. The lowest BCUT2D eigenvalue weighted by Crippen LogP contribution is -2.35. The van der Waals surface area contributed by atoms with E-state index in [1.807, 2.05) is 78.6 Å². The maximum Gasteiger partial charge on any atom is 0.270 e. The van der Waals surface area contributed by atoms with E-state index in [4.69, 9.17) is 4.74 Å². The Morgan fingerprint density at radius 1 is 1.00 bits per heavy atom. The third-order valence-electron chi connectivity index (χ3n) is 7.05. The molecule has 0 bridgehead atoms. The van der Waals surface area contributed by atoms with E-state index in [1.165, 1.54) is 0 Å². The number of nitrogens with zero attached hydrogens (tertiary/aromatic N) is 2.